The number of carbonyl (C=O) groups is 1. The molecule has 0 unspecified atom stereocenters. The molecule has 0 atom stereocenters. The largest absolute Gasteiger partial charge is 0.385 e. The van der Waals surface area contributed by atoms with E-state index in [1.165, 1.54) is 4.57 Å². The van der Waals surface area contributed by atoms with Gasteiger partial charge in [-0.3, -0.25) is 14.2 Å². The zero-order valence-corrected chi connectivity index (χ0v) is 12.9. The maximum atomic E-state index is 12.6. The first-order valence-electron chi connectivity index (χ1n) is 7.42. The van der Waals surface area contributed by atoms with Crippen molar-refractivity contribution in [2.45, 2.75) is 13.0 Å². The Balaban J connectivity index is 1.94. The summed E-state index contributed by atoms with van der Waals surface area (Å²) < 4.78 is 8.14. The van der Waals surface area contributed by atoms with Gasteiger partial charge < -0.3 is 14.5 Å². The van der Waals surface area contributed by atoms with Crippen LogP contribution >= 0.6 is 0 Å². The van der Waals surface area contributed by atoms with Crippen molar-refractivity contribution in [1.82, 2.24) is 19.3 Å². The first-order chi connectivity index (χ1) is 11.2. The molecule has 0 saturated heterocycles. The molecule has 1 amide bonds. The Bertz CT molecular complexity index is 897. The number of nitrogens with one attached hydrogen (secondary N) is 1. The zero-order chi connectivity index (χ0) is 16.2. The summed E-state index contributed by atoms with van der Waals surface area (Å²) in [4.78, 5) is 29.0. The minimum Gasteiger partial charge on any atom is -0.385 e. The molecule has 3 aromatic heterocycles. The summed E-state index contributed by atoms with van der Waals surface area (Å²) in [5, 5.41) is 2.79. The number of carbonyl (C=O) groups excluding carboxylic acids is 1. The summed E-state index contributed by atoms with van der Waals surface area (Å²) in [7, 11) is 1.62. The predicted octanol–water partition coefficient (Wildman–Crippen LogP) is 0.802. The fourth-order valence-electron chi connectivity index (χ4n) is 2.57. The molecule has 0 aliphatic heterocycles. The van der Waals surface area contributed by atoms with Crippen molar-refractivity contribution >= 4 is 22.6 Å². The van der Waals surface area contributed by atoms with Crippen LogP contribution in [0.25, 0.3) is 16.7 Å². The van der Waals surface area contributed by atoms with Crippen molar-refractivity contribution in [2.24, 2.45) is 0 Å². The number of hydrogen-bond donors (Lipinski definition) is 1. The lowest BCUT2D eigenvalue weighted by molar-refractivity contribution is -0.121. The van der Waals surface area contributed by atoms with E-state index in [-0.39, 0.29) is 18.0 Å². The molecule has 3 rings (SSSR count). The Morgan fingerprint density at radius 2 is 2.13 bits per heavy atom. The minimum atomic E-state index is -0.228. The van der Waals surface area contributed by atoms with Crippen molar-refractivity contribution in [1.29, 1.82) is 0 Å². The number of nitrogens with zero attached hydrogens (tertiary/aromatic N) is 3. The van der Waals surface area contributed by atoms with Gasteiger partial charge in [-0.2, -0.15) is 0 Å². The van der Waals surface area contributed by atoms with Gasteiger partial charge >= 0.3 is 0 Å². The van der Waals surface area contributed by atoms with Gasteiger partial charge in [0.2, 0.25) is 5.91 Å². The Kier molecular flexibility index (Phi) is 4.38. The highest BCUT2D eigenvalue weighted by molar-refractivity contribution is 5.80. The van der Waals surface area contributed by atoms with E-state index < -0.39 is 0 Å². The third kappa shape index (κ3) is 2.95. The number of ether oxygens (including phenoxy) is 1. The number of methoxy groups -OCH3 is 1. The van der Waals surface area contributed by atoms with Crippen LogP contribution in [0.5, 0.6) is 0 Å². The van der Waals surface area contributed by atoms with Crippen LogP contribution in [0.1, 0.15) is 6.42 Å². The molecule has 120 valence electrons. The second kappa shape index (κ2) is 6.62. The van der Waals surface area contributed by atoms with E-state index in [0.717, 1.165) is 11.9 Å². The third-order valence-corrected chi connectivity index (χ3v) is 3.64. The lowest BCUT2D eigenvalue weighted by Gasteiger charge is -2.11. The number of aromatic nitrogens is 3. The molecule has 7 heteroatoms. The van der Waals surface area contributed by atoms with E-state index in [1.807, 2.05) is 12.3 Å². The summed E-state index contributed by atoms with van der Waals surface area (Å²) in [5.41, 5.74) is 1.58. The van der Waals surface area contributed by atoms with Crippen LogP contribution in [0, 0.1) is 0 Å². The fraction of sp³-hybridized carbons (Fsp3) is 0.312. The molecule has 0 spiro atoms. The third-order valence-electron chi connectivity index (χ3n) is 3.64. The summed E-state index contributed by atoms with van der Waals surface area (Å²) in [6, 6.07) is 7.23. The Labute approximate surface area is 132 Å². The average molecular weight is 314 g/mol. The minimum absolute atomic E-state index is 0.0546. The first-order valence-corrected chi connectivity index (χ1v) is 7.42. The maximum Gasteiger partial charge on any atom is 0.276 e. The predicted molar refractivity (Wildman–Crippen MR) is 86.5 cm³/mol. The van der Waals surface area contributed by atoms with Gasteiger partial charge in [-0.05, 0) is 30.7 Å². The van der Waals surface area contributed by atoms with Crippen molar-refractivity contribution in [3.8, 4) is 0 Å². The number of fused-ring (bicyclic) bond motifs is 3. The average Bonchev–Trinajstić information content (AvgIpc) is 3.05. The number of rotatable bonds is 6. The molecular formula is C16H18N4O3. The van der Waals surface area contributed by atoms with Crippen LogP contribution in [0.2, 0.25) is 0 Å². The second-order valence-electron chi connectivity index (χ2n) is 5.20. The molecule has 0 aromatic carbocycles. The van der Waals surface area contributed by atoms with Crippen molar-refractivity contribution in [3.63, 3.8) is 0 Å². The molecule has 0 fully saturated rings. The van der Waals surface area contributed by atoms with Crippen molar-refractivity contribution < 1.29 is 9.53 Å². The summed E-state index contributed by atoms with van der Waals surface area (Å²) >= 11 is 0. The van der Waals surface area contributed by atoms with E-state index in [2.05, 4.69) is 10.3 Å². The van der Waals surface area contributed by atoms with Crippen LogP contribution < -0.4 is 10.9 Å². The molecule has 0 saturated carbocycles. The Morgan fingerprint density at radius 1 is 1.30 bits per heavy atom. The van der Waals surface area contributed by atoms with Crippen molar-refractivity contribution in [3.05, 3.63) is 47.0 Å². The zero-order valence-electron chi connectivity index (χ0n) is 12.9. The van der Waals surface area contributed by atoms with Gasteiger partial charge in [0, 0.05) is 32.7 Å². The van der Waals surface area contributed by atoms with Crippen LogP contribution in [0.4, 0.5) is 0 Å². The highest BCUT2D eigenvalue weighted by Crippen LogP contribution is 2.12. The summed E-state index contributed by atoms with van der Waals surface area (Å²) in [5.74, 6) is -0.217. The van der Waals surface area contributed by atoms with Crippen LogP contribution in [0.15, 0.2) is 41.5 Å². The summed E-state index contributed by atoms with van der Waals surface area (Å²) in [6.45, 7) is 1.04. The molecule has 1 N–H and O–H groups in total. The highest BCUT2D eigenvalue weighted by atomic mass is 16.5. The molecule has 0 aliphatic rings. The van der Waals surface area contributed by atoms with Crippen LogP contribution in [-0.4, -0.2) is 40.1 Å². The SMILES string of the molecule is COCCCNC(=O)Cn1c(=O)c2cccn2c2cccnc21. The van der Waals surface area contributed by atoms with Crippen LogP contribution in [0.3, 0.4) is 0 Å². The molecule has 0 aliphatic carbocycles. The van der Waals surface area contributed by atoms with Gasteiger partial charge in [0.15, 0.2) is 5.65 Å². The van der Waals surface area contributed by atoms with E-state index in [1.54, 1.807) is 35.9 Å². The van der Waals surface area contributed by atoms with E-state index in [4.69, 9.17) is 4.74 Å². The lowest BCUT2D eigenvalue weighted by atomic mass is 10.3. The van der Waals surface area contributed by atoms with Gasteiger partial charge in [-0.1, -0.05) is 0 Å². The number of amides is 1. The molecule has 0 radical (unpaired) electrons. The molecule has 7 nitrogen and oxygen atoms in total. The van der Waals surface area contributed by atoms with Crippen molar-refractivity contribution in [2.75, 3.05) is 20.3 Å². The van der Waals surface area contributed by atoms with Gasteiger partial charge in [0.25, 0.3) is 5.56 Å². The van der Waals surface area contributed by atoms with Crippen LogP contribution in [-0.2, 0) is 16.1 Å². The number of hydrogen-bond acceptors (Lipinski definition) is 4. The second-order valence-corrected chi connectivity index (χ2v) is 5.20. The quantitative estimate of drug-likeness (QED) is 0.683. The lowest BCUT2D eigenvalue weighted by Crippen LogP contribution is -2.34. The van der Waals surface area contributed by atoms with Gasteiger partial charge in [-0.25, -0.2) is 4.98 Å². The van der Waals surface area contributed by atoms with Gasteiger partial charge in [0.1, 0.15) is 12.1 Å². The molecule has 23 heavy (non-hydrogen) atoms. The van der Waals surface area contributed by atoms with E-state index in [0.29, 0.717) is 24.3 Å². The highest BCUT2D eigenvalue weighted by Gasteiger charge is 2.13. The molecular weight excluding hydrogens is 296 g/mol. The summed E-state index contributed by atoms with van der Waals surface area (Å²) in [6.07, 6.45) is 4.16. The first kappa shape index (κ1) is 15.2. The maximum absolute atomic E-state index is 12.6. The normalized spacial score (nSPS) is 11.2. The monoisotopic (exact) mass is 314 g/mol. The Hall–Kier alpha value is -2.67. The van der Waals surface area contributed by atoms with Gasteiger partial charge in [0.05, 0.1) is 5.52 Å². The van der Waals surface area contributed by atoms with E-state index in [9.17, 15) is 9.59 Å². The smallest absolute Gasteiger partial charge is 0.276 e. The molecule has 3 aromatic rings. The van der Waals surface area contributed by atoms with E-state index >= 15 is 0 Å². The molecule has 3 heterocycles. The Morgan fingerprint density at radius 3 is 2.96 bits per heavy atom. The van der Waals surface area contributed by atoms with Gasteiger partial charge in [-0.15, -0.1) is 0 Å². The topological polar surface area (TPSA) is 77.6 Å². The number of pyridine rings is 1. The standard InChI is InChI=1S/C16H18N4O3/c1-23-10-4-8-17-14(21)11-20-15-12(5-2-7-18-15)19-9-3-6-13(19)16(20)22/h2-3,5-7,9H,4,8,10-11H2,1H3,(H,17,21). The fourth-order valence-corrected chi connectivity index (χ4v) is 2.57. The molecule has 0 bridgehead atoms.